The van der Waals surface area contributed by atoms with Crippen LogP contribution in [0.4, 0.5) is 10.1 Å². The molecule has 28 heavy (non-hydrogen) atoms. The fourth-order valence-electron chi connectivity index (χ4n) is 2.31. The van der Waals surface area contributed by atoms with Gasteiger partial charge in [-0.3, -0.25) is 10.1 Å². The SMILES string of the molecule is COB(I)SCC(C)COc1nn(-c2cc(F)cnc2OC)c(C)c1[N+](=O)[O-]. The summed E-state index contributed by atoms with van der Waals surface area (Å²) in [4.78, 5) is 14.8. The number of halogens is 2. The number of nitro groups is 1. The molecule has 2 aromatic heterocycles. The van der Waals surface area contributed by atoms with Gasteiger partial charge in [-0.15, -0.1) is 5.10 Å². The lowest BCUT2D eigenvalue weighted by molar-refractivity contribution is -0.386. The maximum absolute atomic E-state index is 13.7. The Hall–Kier alpha value is -1.61. The molecule has 1 atom stereocenters. The number of pyridine rings is 1. The molecule has 0 aliphatic carbocycles. The van der Waals surface area contributed by atoms with Crippen molar-refractivity contribution in [2.75, 3.05) is 26.6 Å². The molecule has 152 valence electrons. The average molecular weight is 524 g/mol. The Bertz CT molecular complexity index is 843. The Morgan fingerprint density at radius 2 is 2.18 bits per heavy atom. The van der Waals surface area contributed by atoms with Crippen LogP contribution in [-0.2, 0) is 4.65 Å². The second-order valence-electron chi connectivity index (χ2n) is 5.85. The van der Waals surface area contributed by atoms with Crippen LogP contribution in [0.25, 0.3) is 5.69 Å². The van der Waals surface area contributed by atoms with Crippen molar-refractivity contribution in [2.24, 2.45) is 5.92 Å². The topological polar surface area (TPSA) is 102 Å². The third-order valence-electron chi connectivity index (χ3n) is 3.66. The molecule has 0 amide bonds. The minimum atomic E-state index is -0.618. The first-order valence-electron chi connectivity index (χ1n) is 8.13. The minimum Gasteiger partial charge on any atom is -0.479 e. The molecule has 2 heterocycles. The molecule has 0 aliphatic rings. The maximum atomic E-state index is 13.7. The third-order valence-corrected chi connectivity index (χ3v) is 6.46. The van der Waals surface area contributed by atoms with Crippen LogP contribution in [0.1, 0.15) is 12.6 Å². The number of ether oxygens (including phenoxy) is 2. The predicted molar refractivity (Wildman–Crippen MR) is 113 cm³/mol. The van der Waals surface area contributed by atoms with E-state index in [1.54, 1.807) is 18.7 Å². The highest BCUT2D eigenvalue weighted by Gasteiger charge is 2.29. The first-order valence-corrected chi connectivity index (χ1v) is 10.4. The molecule has 13 heteroatoms. The number of hydrogen-bond acceptors (Lipinski definition) is 8. The summed E-state index contributed by atoms with van der Waals surface area (Å²) in [7, 11) is 2.99. The summed E-state index contributed by atoms with van der Waals surface area (Å²) >= 11 is 3.76. The zero-order chi connectivity index (χ0) is 20.8. The van der Waals surface area contributed by atoms with Gasteiger partial charge in [0.05, 0.1) is 24.8 Å². The van der Waals surface area contributed by atoms with Crippen molar-refractivity contribution >= 4 is 43.7 Å². The Balaban J connectivity index is 2.28. The molecule has 9 nitrogen and oxygen atoms in total. The highest BCUT2D eigenvalue weighted by atomic mass is 127. The summed E-state index contributed by atoms with van der Waals surface area (Å²) in [5.74, 6) is 0.187. The minimum absolute atomic E-state index is 0.0174. The van der Waals surface area contributed by atoms with E-state index < -0.39 is 10.7 Å². The van der Waals surface area contributed by atoms with Crippen molar-refractivity contribution in [3.8, 4) is 17.4 Å². The molecule has 0 saturated carbocycles. The van der Waals surface area contributed by atoms with E-state index in [9.17, 15) is 14.5 Å². The molecule has 1 unspecified atom stereocenters. The maximum Gasteiger partial charge on any atom is 0.434 e. The molecule has 0 aromatic carbocycles. The Kier molecular flexibility index (Phi) is 8.30. The van der Waals surface area contributed by atoms with Gasteiger partial charge in [0.1, 0.15) is 17.2 Å². The molecule has 0 aliphatic heterocycles. The molecule has 0 fully saturated rings. The number of aromatic nitrogens is 3. The van der Waals surface area contributed by atoms with Crippen molar-refractivity contribution in [1.29, 1.82) is 0 Å². The van der Waals surface area contributed by atoms with Crippen molar-refractivity contribution in [3.63, 3.8) is 0 Å². The normalized spacial score (nSPS) is 11.9. The van der Waals surface area contributed by atoms with Gasteiger partial charge in [-0.05, 0) is 18.6 Å². The first kappa shape index (κ1) is 22.7. The fourth-order valence-corrected chi connectivity index (χ4v) is 3.65. The van der Waals surface area contributed by atoms with Gasteiger partial charge in [0.15, 0.2) is 0 Å². The molecule has 2 aromatic rings. The van der Waals surface area contributed by atoms with E-state index in [0.29, 0.717) is 0 Å². The van der Waals surface area contributed by atoms with E-state index in [4.69, 9.17) is 14.1 Å². The number of nitrogens with zero attached hydrogens (tertiary/aromatic N) is 4. The zero-order valence-electron chi connectivity index (χ0n) is 15.7. The summed E-state index contributed by atoms with van der Waals surface area (Å²) in [5, 5.41) is 15.7. The predicted octanol–water partition coefficient (Wildman–Crippen LogP) is 3.45. The van der Waals surface area contributed by atoms with Crippen LogP contribution < -0.4 is 9.47 Å². The van der Waals surface area contributed by atoms with Crippen LogP contribution in [0.15, 0.2) is 12.3 Å². The Labute approximate surface area is 179 Å². The van der Waals surface area contributed by atoms with Crippen molar-refractivity contribution in [1.82, 2.24) is 14.8 Å². The van der Waals surface area contributed by atoms with Crippen molar-refractivity contribution in [2.45, 2.75) is 13.8 Å². The molecule has 0 radical (unpaired) electrons. The van der Waals surface area contributed by atoms with E-state index >= 15 is 0 Å². The largest absolute Gasteiger partial charge is 0.479 e. The highest BCUT2D eigenvalue weighted by Crippen LogP contribution is 2.34. The molecular formula is C15H19BFIN4O5S. The van der Waals surface area contributed by atoms with Gasteiger partial charge in [0.25, 0.3) is 0 Å². The first-order chi connectivity index (χ1) is 13.3. The van der Waals surface area contributed by atoms with Gasteiger partial charge in [-0.25, -0.2) is 14.1 Å². The van der Waals surface area contributed by atoms with E-state index in [1.807, 2.05) is 6.92 Å². The molecule has 0 N–H and O–H groups in total. The third kappa shape index (κ3) is 5.47. The summed E-state index contributed by atoms with van der Waals surface area (Å²) in [6, 6.07) is 1.14. The average Bonchev–Trinajstić information content (AvgIpc) is 3.00. The summed E-state index contributed by atoms with van der Waals surface area (Å²) < 4.78 is 30.8. The number of methoxy groups -OCH3 is 1. The van der Waals surface area contributed by atoms with Gasteiger partial charge in [0, 0.05) is 13.2 Å². The second-order valence-corrected chi connectivity index (χ2v) is 8.92. The molecular weight excluding hydrogens is 505 g/mol. The van der Waals surface area contributed by atoms with Crippen LogP contribution in [0.2, 0.25) is 0 Å². The van der Waals surface area contributed by atoms with E-state index in [0.717, 1.165) is 18.0 Å². The highest BCUT2D eigenvalue weighted by molar-refractivity contribution is 14.1. The summed E-state index contributed by atoms with van der Waals surface area (Å²) in [6.45, 7) is 3.69. The van der Waals surface area contributed by atoms with Gasteiger partial charge >= 0.3 is 15.6 Å². The number of hydrogen-bond donors (Lipinski definition) is 0. The second kappa shape index (κ2) is 10.3. The lowest BCUT2D eigenvalue weighted by Gasteiger charge is -2.12. The molecule has 0 spiro atoms. The summed E-state index contributed by atoms with van der Waals surface area (Å²) in [5.41, 5.74) is 0.0451. The molecule has 2 rings (SSSR count). The molecule has 0 saturated heterocycles. The smallest absolute Gasteiger partial charge is 0.434 e. The van der Waals surface area contributed by atoms with Crippen LogP contribution in [0.5, 0.6) is 11.8 Å². The standard InChI is InChI=1S/C15H19BFIN4O5S/c1-9(8-28-16(18)26-4)7-27-15-13(22(23)24)10(2)21(20-15)12-5-11(17)6-19-14(12)25-3/h5-6,9H,7-8H2,1-4H3. The lowest BCUT2D eigenvalue weighted by Crippen LogP contribution is -2.14. The van der Waals surface area contributed by atoms with Crippen molar-refractivity contribution < 1.29 is 23.4 Å². The van der Waals surface area contributed by atoms with E-state index in [1.165, 1.54) is 18.7 Å². The Morgan fingerprint density at radius 3 is 2.79 bits per heavy atom. The Morgan fingerprint density at radius 1 is 1.46 bits per heavy atom. The lowest BCUT2D eigenvalue weighted by atomic mass is 10.2. The molecule has 0 bridgehead atoms. The van der Waals surface area contributed by atoms with Crippen LogP contribution in [0.3, 0.4) is 0 Å². The van der Waals surface area contributed by atoms with Gasteiger partial charge in [0.2, 0.25) is 5.88 Å². The monoisotopic (exact) mass is 524 g/mol. The fraction of sp³-hybridized carbons (Fsp3) is 0.467. The summed E-state index contributed by atoms with van der Waals surface area (Å²) in [6.07, 6.45) is 0.993. The van der Waals surface area contributed by atoms with E-state index in [-0.39, 0.29) is 45.4 Å². The van der Waals surface area contributed by atoms with Crippen LogP contribution in [-0.4, -0.2) is 50.3 Å². The van der Waals surface area contributed by atoms with Crippen molar-refractivity contribution in [3.05, 3.63) is 33.9 Å². The number of rotatable bonds is 10. The van der Waals surface area contributed by atoms with Crippen LogP contribution >= 0.6 is 34.0 Å². The van der Waals surface area contributed by atoms with Gasteiger partial charge in [-0.2, -0.15) is 11.6 Å². The van der Waals surface area contributed by atoms with Gasteiger partial charge in [-0.1, -0.05) is 29.3 Å². The van der Waals surface area contributed by atoms with Crippen LogP contribution in [0, 0.1) is 28.8 Å². The van der Waals surface area contributed by atoms with Gasteiger partial charge < -0.3 is 14.1 Å². The zero-order valence-corrected chi connectivity index (χ0v) is 18.7. The quantitative estimate of drug-likeness (QED) is 0.202. The van der Waals surface area contributed by atoms with E-state index in [2.05, 4.69) is 32.5 Å².